The molecule has 0 saturated heterocycles. The fraction of sp³-hybridized carbons (Fsp3) is 0.655. The molecule has 0 atom stereocenters. The van der Waals surface area contributed by atoms with Gasteiger partial charge in [0.1, 0.15) is 18.2 Å². The number of nitrogens with zero attached hydrogens (tertiary/aromatic N) is 7. The van der Waals surface area contributed by atoms with Gasteiger partial charge in [-0.2, -0.15) is 13.2 Å². The topological polar surface area (TPSA) is 73.9 Å². The molecule has 2 bridgehead atoms. The van der Waals surface area contributed by atoms with E-state index in [0.29, 0.717) is 17.4 Å². The predicted octanol–water partition coefficient (Wildman–Crippen LogP) is 5.81. The number of fused-ring (bicyclic) bond motifs is 3. The van der Waals surface area contributed by atoms with Crippen molar-refractivity contribution in [3.63, 3.8) is 0 Å². The van der Waals surface area contributed by atoms with E-state index in [2.05, 4.69) is 45.3 Å². The minimum absolute atomic E-state index is 0.0549. The van der Waals surface area contributed by atoms with Crippen LogP contribution in [0.15, 0.2) is 30.5 Å². The van der Waals surface area contributed by atoms with Crippen LogP contribution in [0.1, 0.15) is 99.1 Å². The molecule has 0 radical (unpaired) electrons. The van der Waals surface area contributed by atoms with Crippen LogP contribution in [0.25, 0.3) is 0 Å². The van der Waals surface area contributed by atoms with E-state index in [0.717, 1.165) is 43.6 Å². The summed E-state index contributed by atoms with van der Waals surface area (Å²) >= 11 is 0. The Balaban J connectivity index is 1.05. The molecule has 40 heavy (non-hydrogen) atoms. The standard InChI is InChI=1S/C29H38F3N7O/c1-37(2)28-14-11-27(12-15-28,13-16-28)24-18-39(36-33-24)22-9-7-20(8-10-22)26-35-34-25(38(26)3)19-40-23-6-4-5-21(17-23)29(30,31)32/h4-6,17-18,20,22H,7-16,19H2,1-3H3/t20-,22-,27?,28?. The molecule has 11 heteroatoms. The Kier molecular flexibility index (Phi) is 6.91. The Morgan fingerprint density at radius 3 is 2.33 bits per heavy atom. The zero-order valence-corrected chi connectivity index (χ0v) is 23.5. The van der Waals surface area contributed by atoms with Gasteiger partial charge in [0.25, 0.3) is 0 Å². The van der Waals surface area contributed by atoms with Gasteiger partial charge in [-0.1, -0.05) is 11.3 Å². The number of hydrogen-bond donors (Lipinski definition) is 0. The largest absolute Gasteiger partial charge is 0.486 e. The number of ether oxygens (including phenoxy) is 1. The third-order valence-electron chi connectivity index (χ3n) is 10.2. The van der Waals surface area contributed by atoms with Crippen molar-refractivity contribution in [1.82, 2.24) is 34.7 Å². The highest BCUT2D eigenvalue weighted by Crippen LogP contribution is 2.54. The lowest BCUT2D eigenvalue weighted by atomic mass is 9.56. The summed E-state index contributed by atoms with van der Waals surface area (Å²) in [6.45, 7) is 0.0549. The highest BCUT2D eigenvalue weighted by atomic mass is 19.4. The first-order chi connectivity index (χ1) is 19.1. The summed E-state index contributed by atoms with van der Waals surface area (Å²) in [6, 6.07) is 5.23. The molecular weight excluding hydrogens is 519 g/mol. The van der Waals surface area contributed by atoms with Crippen molar-refractivity contribution >= 4 is 0 Å². The molecule has 4 saturated carbocycles. The van der Waals surface area contributed by atoms with Crippen molar-refractivity contribution < 1.29 is 17.9 Å². The van der Waals surface area contributed by atoms with Crippen molar-refractivity contribution in [2.24, 2.45) is 7.05 Å². The number of rotatable bonds is 7. The summed E-state index contributed by atoms with van der Waals surface area (Å²) in [5.74, 6) is 1.92. The van der Waals surface area contributed by atoms with E-state index in [4.69, 9.17) is 9.84 Å². The van der Waals surface area contributed by atoms with Crippen LogP contribution in [0.5, 0.6) is 5.75 Å². The molecule has 8 nitrogen and oxygen atoms in total. The normalized spacial score (nSPS) is 28.8. The second kappa shape index (κ2) is 10.2. The van der Waals surface area contributed by atoms with Crippen LogP contribution >= 0.6 is 0 Å². The van der Waals surface area contributed by atoms with Gasteiger partial charge in [-0.25, -0.2) is 4.68 Å². The second-order valence-electron chi connectivity index (χ2n) is 12.3. The Morgan fingerprint density at radius 1 is 0.975 bits per heavy atom. The lowest BCUT2D eigenvalue weighted by Crippen LogP contribution is -2.55. The first-order valence-electron chi connectivity index (χ1n) is 14.4. The molecule has 2 heterocycles. The maximum Gasteiger partial charge on any atom is 0.416 e. The predicted molar refractivity (Wildman–Crippen MR) is 143 cm³/mol. The van der Waals surface area contributed by atoms with Crippen molar-refractivity contribution in [3.05, 3.63) is 53.4 Å². The lowest BCUT2D eigenvalue weighted by Gasteiger charge is -2.55. The minimum Gasteiger partial charge on any atom is -0.486 e. The van der Waals surface area contributed by atoms with E-state index in [1.165, 1.54) is 56.4 Å². The molecule has 4 aliphatic carbocycles. The van der Waals surface area contributed by atoms with Crippen molar-refractivity contribution in [2.45, 2.75) is 99.9 Å². The van der Waals surface area contributed by atoms with Crippen LogP contribution in [0.3, 0.4) is 0 Å². The molecule has 0 aliphatic heterocycles. The molecule has 1 aromatic carbocycles. The molecule has 216 valence electrons. The van der Waals surface area contributed by atoms with E-state index in [-0.39, 0.29) is 23.7 Å². The molecule has 4 fully saturated rings. The molecule has 0 unspecified atom stereocenters. The Hall–Kier alpha value is -2.95. The van der Waals surface area contributed by atoms with E-state index in [1.54, 1.807) is 0 Å². The van der Waals surface area contributed by atoms with E-state index < -0.39 is 11.7 Å². The molecule has 0 N–H and O–H groups in total. The Bertz CT molecular complexity index is 1310. The van der Waals surface area contributed by atoms with Gasteiger partial charge in [0.15, 0.2) is 5.82 Å². The first-order valence-corrected chi connectivity index (χ1v) is 14.4. The Labute approximate surface area is 232 Å². The highest BCUT2D eigenvalue weighted by Gasteiger charge is 2.51. The monoisotopic (exact) mass is 557 g/mol. The minimum atomic E-state index is -4.41. The van der Waals surface area contributed by atoms with Crippen molar-refractivity contribution in [2.75, 3.05) is 14.1 Å². The Morgan fingerprint density at radius 2 is 1.68 bits per heavy atom. The van der Waals surface area contributed by atoms with E-state index >= 15 is 0 Å². The average Bonchev–Trinajstić information content (AvgIpc) is 3.60. The third kappa shape index (κ3) is 4.90. The lowest BCUT2D eigenvalue weighted by molar-refractivity contribution is -0.137. The fourth-order valence-electron chi connectivity index (χ4n) is 7.28. The van der Waals surface area contributed by atoms with Crippen molar-refractivity contribution in [1.29, 1.82) is 0 Å². The van der Waals surface area contributed by atoms with Crippen LogP contribution in [0.2, 0.25) is 0 Å². The van der Waals surface area contributed by atoms with Crippen LogP contribution in [0, 0.1) is 0 Å². The van der Waals surface area contributed by atoms with Crippen LogP contribution in [-0.2, 0) is 25.2 Å². The summed E-state index contributed by atoms with van der Waals surface area (Å²) in [6.07, 6.45) is 9.05. The summed E-state index contributed by atoms with van der Waals surface area (Å²) in [4.78, 5) is 2.44. The van der Waals surface area contributed by atoms with E-state index in [1.807, 2.05) is 11.6 Å². The summed E-state index contributed by atoms with van der Waals surface area (Å²) in [7, 11) is 6.34. The molecule has 2 aromatic heterocycles. The number of alkyl halides is 3. The quantitative estimate of drug-likeness (QED) is 0.365. The molecule has 7 rings (SSSR count). The number of hydrogen-bond acceptors (Lipinski definition) is 6. The van der Waals surface area contributed by atoms with Gasteiger partial charge in [-0.05, 0) is 96.5 Å². The molecule has 0 amide bonds. The zero-order valence-electron chi connectivity index (χ0n) is 23.5. The second-order valence-corrected chi connectivity index (χ2v) is 12.3. The third-order valence-corrected chi connectivity index (χ3v) is 10.2. The van der Waals surface area contributed by atoms with Gasteiger partial charge < -0.3 is 14.2 Å². The smallest absolute Gasteiger partial charge is 0.416 e. The molecular formula is C29H38F3N7O. The first kappa shape index (κ1) is 27.2. The average molecular weight is 558 g/mol. The summed E-state index contributed by atoms with van der Waals surface area (Å²) in [5.41, 5.74) is 1.02. The summed E-state index contributed by atoms with van der Waals surface area (Å²) in [5, 5.41) is 18.0. The fourth-order valence-corrected chi connectivity index (χ4v) is 7.28. The molecule has 4 aliphatic rings. The molecule has 3 aromatic rings. The van der Waals surface area contributed by atoms with Crippen LogP contribution in [0.4, 0.5) is 13.2 Å². The summed E-state index contributed by atoms with van der Waals surface area (Å²) < 4.78 is 48.7. The number of aromatic nitrogens is 6. The number of halogens is 3. The van der Waals surface area contributed by atoms with Crippen molar-refractivity contribution in [3.8, 4) is 5.75 Å². The molecule has 0 spiro atoms. The van der Waals surface area contributed by atoms with Gasteiger partial charge in [0, 0.05) is 30.1 Å². The van der Waals surface area contributed by atoms with Gasteiger partial charge in [-0.15, -0.1) is 15.3 Å². The zero-order chi connectivity index (χ0) is 28.1. The maximum absolute atomic E-state index is 13.0. The number of benzene rings is 1. The van der Waals surface area contributed by atoms with Gasteiger partial charge in [0.05, 0.1) is 17.3 Å². The van der Waals surface area contributed by atoms with E-state index in [9.17, 15) is 13.2 Å². The van der Waals surface area contributed by atoms with Gasteiger partial charge in [0.2, 0.25) is 0 Å². The van der Waals surface area contributed by atoms with Gasteiger partial charge >= 0.3 is 6.18 Å². The highest BCUT2D eigenvalue weighted by molar-refractivity contribution is 5.30. The van der Waals surface area contributed by atoms with Crippen LogP contribution in [-0.4, -0.2) is 54.3 Å². The maximum atomic E-state index is 13.0. The van der Waals surface area contributed by atoms with Gasteiger partial charge in [-0.3, -0.25) is 0 Å². The van der Waals surface area contributed by atoms with Crippen LogP contribution < -0.4 is 4.74 Å². The SMILES string of the molecule is CN(C)C12CCC(c3cn([C@H]4CC[C@H](c5nnc(COc6cccc(C(F)(F)F)c6)n5C)CC4)nn3)(CC1)CC2.